The molecule has 0 fully saturated rings. The third kappa shape index (κ3) is 1.74. The normalized spacial score (nSPS) is 15.7. The number of nitrogens with two attached hydrogens (primary N) is 1. The lowest BCUT2D eigenvalue weighted by Gasteiger charge is -2.08. The van der Waals surface area contributed by atoms with Crippen molar-refractivity contribution < 1.29 is 4.79 Å². The van der Waals surface area contributed by atoms with Crippen LogP contribution in [0.1, 0.15) is 0 Å². The van der Waals surface area contributed by atoms with Crippen molar-refractivity contribution in [3.8, 4) is 6.07 Å². The Kier molecular flexibility index (Phi) is 2.75. The van der Waals surface area contributed by atoms with Gasteiger partial charge in [-0.05, 0) is 0 Å². The quantitative estimate of drug-likeness (QED) is 0.597. The monoisotopic (exact) mass is 166 g/mol. The average Bonchev–Trinajstić information content (AvgIpc) is 1.86. The molecule has 0 aromatic rings. The largest absolute Gasteiger partial charge is 0.367 e. The van der Waals surface area contributed by atoms with E-state index in [0.29, 0.717) is 0 Å². The minimum absolute atomic E-state index is 0.291. The molecule has 1 unspecified atom stereocenters. The van der Waals surface area contributed by atoms with Crippen molar-refractivity contribution in [1.29, 1.82) is 5.26 Å². The molecule has 0 saturated heterocycles. The number of nitrogens with zero attached hydrogens (tertiary/aromatic N) is 1. The molecule has 2 N–H and O–H groups in total. The second-order valence-electron chi connectivity index (χ2n) is 1.41. The Morgan fingerprint density at radius 1 is 1.89 bits per heavy atom. The molecule has 0 aromatic carbocycles. The van der Waals surface area contributed by atoms with Crippen molar-refractivity contribution in [3.63, 3.8) is 0 Å². The first-order valence-electron chi connectivity index (χ1n) is 2.03. The first-order valence-corrected chi connectivity index (χ1v) is 2.94. The lowest BCUT2D eigenvalue weighted by molar-refractivity contribution is -0.118. The molecule has 0 rings (SSSR count). The zero-order valence-corrected chi connectivity index (χ0v) is 5.91. The number of hydrogen-bond acceptors (Lipinski definition) is 2. The minimum atomic E-state index is -1.73. The number of amides is 1. The van der Waals surface area contributed by atoms with Gasteiger partial charge in [-0.15, -0.1) is 11.6 Å². The summed E-state index contributed by atoms with van der Waals surface area (Å²) in [6, 6.07) is 1.49. The highest BCUT2D eigenvalue weighted by molar-refractivity contribution is 6.41. The van der Waals surface area contributed by atoms with Crippen LogP contribution in [0.5, 0.6) is 0 Å². The lowest BCUT2D eigenvalue weighted by atomic mass is 10.2. The van der Waals surface area contributed by atoms with Gasteiger partial charge in [-0.3, -0.25) is 4.79 Å². The van der Waals surface area contributed by atoms with Crippen LogP contribution in [0.25, 0.3) is 0 Å². The SMILES string of the molecule is N#CC(Cl)(CCl)C(N)=O. The molecule has 1 atom stereocenters. The van der Waals surface area contributed by atoms with Crippen LogP contribution in [0.4, 0.5) is 0 Å². The van der Waals surface area contributed by atoms with Crippen molar-refractivity contribution >= 4 is 29.1 Å². The van der Waals surface area contributed by atoms with Gasteiger partial charge in [0, 0.05) is 0 Å². The summed E-state index contributed by atoms with van der Waals surface area (Å²) in [5.41, 5.74) is 4.71. The summed E-state index contributed by atoms with van der Waals surface area (Å²) in [5.74, 6) is -1.21. The topological polar surface area (TPSA) is 66.9 Å². The number of rotatable bonds is 2. The molecule has 0 spiro atoms. The van der Waals surface area contributed by atoms with E-state index < -0.39 is 10.8 Å². The van der Waals surface area contributed by atoms with Crippen LogP contribution in [0.3, 0.4) is 0 Å². The smallest absolute Gasteiger partial charge is 0.254 e. The molecule has 0 heterocycles. The zero-order chi connectivity index (χ0) is 7.49. The average molecular weight is 167 g/mol. The molecule has 0 aromatic heterocycles. The van der Waals surface area contributed by atoms with E-state index in [0.717, 1.165) is 0 Å². The first-order chi connectivity index (χ1) is 4.06. The Hall–Kier alpha value is -0.460. The van der Waals surface area contributed by atoms with Gasteiger partial charge in [0.1, 0.15) is 0 Å². The number of carbonyl (C=O) groups is 1. The van der Waals surface area contributed by atoms with Gasteiger partial charge in [0.2, 0.25) is 4.87 Å². The Labute approximate surface area is 62.3 Å². The fourth-order valence-corrected chi connectivity index (χ4v) is 0.342. The molecule has 5 heteroatoms. The maximum atomic E-state index is 10.3. The number of carbonyl (C=O) groups excluding carboxylic acids is 1. The van der Waals surface area contributed by atoms with Crippen molar-refractivity contribution in [2.75, 3.05) is 5.88 Å². The number of hydrogen-bond donors (Lipinski definition) is 1. The second-order valence-corrected chi connectivity index (χ2v) is 2.32. The summed E-state index contributed by atoms with van der Waals surface area (Å²) in [5, 5.41) is 8.19. The van der Waals surface area contributed by atoms with Crippen LogP contribution in [0.2, 0.25) is 0 Å². The molecule has 0 saturated carbocycles. The van der Waals surface area contributed by atoms with Crippen LogP contribution in [-0.2, 0) is 4.79 Å². The predicted molar refractivity (Wildman–Crippen MR) is 34.1 cm³/mol. The number of alkyl halides is 2. The molecule has 0 aliphatic rings. The van der Waals surface area contributed by atoms with Crippen LogP contribution in [0.15, 0.2) is 0 Å². The maximum Gasteiger partial charge on any atom is 0.254 e. The molecular weight excluding hydrogens is 163 g/mol. The van der Waals surface area contributed by atoms with Gasteiger partial charge >= 0.3 is 0 Å². The standard InChI is InChI=1S/C4H4Cl2N2O/c5-1-4(6,2-7)3(8)9/h1H2,(H2,8,9). The summed E-state index contributed by atoms with van der Waals surface area (Å²) >= 11 is 10.4. The molecule has 3 nitrogen and oxygen atoms in total. The Bertz CT molecular complexity index is 164. The highest BCUT2D eigenvalue weighted by Crippen LogP contribution is 2.14. The van der Waals surface area contributed by atoms with E-state index in [2.05, 4.69) is 0 Å². The van der Waals surface area contributed by atoms with Crippen molar-refractivity contribution in [3.05, 3.63) is 0 Å². The zero-order valence-electron chi connectivity index (χ0n) is 4.40. The Morgan fingerprint density at radius 2 is 2.33 bits per heavy atom. The van der Waals surface area contributed by atoms with Gasteiger partial charge in [-0.25, -0.2) is 0 Å². The molecular formula is C4H4Cl2N2O. The van der Waals surface area contributed by atoms with E-state index in [9.17, 15) is 4.79 Å². The summed E-state index contributed by atoms with van der Waals surface area (Å²) in [6.07, 6.45) is 0. The maximum absolute atomic E-state index is 10.3. The highest BCUT2D eigenvalue weighted by Gasteiger charge is 2.32. The van der Waals surface area contributed by atoms with Gasteiger partial charge < -0.3 is 5.73 Å². The summed E-state index contributed by atoms with van der Waals surface area (Å²) in [4.78, 5) is 8.53. The fourth-order valence-electron chi connectivity index (χ4n) is 0.151. The molecule has 0 radical (unpaired) electrons. The van der Waals surface area contributed by atoms with E-state index in [1.165, 1.54) is 6.07 Å². The van der Waals surface area contributed by atoms with Gasteiger partial charge in [-0.2, -0.15) is 5.26 Å². The molecule has 1 amide bonds. The molecule has 9 heavy (non-hydrogen) atoms. The van der Waals surface area contributed by atoms with Crippen molar-refractivity contribution in [2.24, 2.45) is 5.73 Å². The van der Waals surface area contributed by atoms with Crippen LogP contribution in [-0.4, -0.2) is 16.7 Å². The molecule has 0 bridgehead atoms. The van der Waals surface area contributed by atoms with Gasteiger partial charge in [0.05, 0.1) is 11.9 Å². The van der Waals surface area contributed by atoms with E-state index >= 15 is 0 Å². The summed E-state index contributed by atoms with van der Waals surface area (Å²) < 4.78 is 0. The molecule has 0 aliphatic carbocycles. The second kappa shape index (κ2) is 2.90. The number of nitriles is 1. The molecule has 0 aliphatic heterocycles. The van der Waals surface area contributed by atoms with Crippen molar-refractivity contribution in [2.45, 2.75) is 4.87 Å². The van der Waals surface area contributed by atoms with Crippen LogP contribution in [0, 0.1) is 11.3 Å². The third-order valence-corrected chi connectivity index (χ3v) is 1.69. The first kappa shape index (κ1) is 8.54. The number of halogens is 2. The minimum Gasteiger partial charge on any atom is -0.367 e. The fraction of sp³-hybridized carbons (Fsp3) is 0.500. The predicted octanol–water partition coefficient (Wildman–Crippen LogP) is 0.212. The number of primary amides is 1. The highest BCUT2D eigenvalue weighted by atomic mass is 35.5. The third-order valence-electron chi connectivity index (χ3n) is 0.752. The summed E-state index contributed by atoms with van der Waals surface area (Å²) in [6.45, 7) is 0. The van der Waals surface area contributed by atoms with Crippen LogP contribution >= 0.6 is 23.2 Å². The van der Waals surface area contributed by atoms with Gasteiger partial charge in [0.15, 0.2) is 0 Å². The Balaban J connectivity index is 4.33. The van der Waals surface area contributed by atoms with Crippen LogP contribution < -0.4 is 5.73 Å². The van der Waals surface area contributed by atoms with E-state index in [-0.39, 0.29) is 5.88 Å². The van der Waals surface area contributed by atoms with Gasteiger partial charge in [-0.1, -0.05) is 11.6 Å². The Morgan fingerprint density at radius 3 is 2.33 bits per heavy atom. The lowest BCUT2D eigenvalue weighted by Crippen LogP contribution is -2.38. The van der Waals surface area contributed by atoms with E-state index in [1.54, 1.807) is 0 Å². The van der Waals surface area contributed by atoms with Gasteiger partial charge in [0.25, 0.3) is 5.91 Å². The summed E-state index contributed by atoms with van der Waals surface area (Å²) in [7, 11) is 0. The van der Waals surface area contributed by atoms with E-state index in [4.69, 9.17) is 34.2 Å². The van der Waals surface area contributed by atoms with Crippen molar-refractivity contribution in [1.82, 2.24) is 0 Å². The molecule has 50 valence electrons. The van der Waals surface area contributed by atoms with E-state index in [1.807, 2.05) is 0 Å².